The van der Waals surface area contributed by atoms with Gasteiger partial charge in [0.05, 0.1) is 12.0 Å². The SMILES string of the molecule is C=C(C(=O)O)C1CC(=O)CCC(=O)O1. The molecule has 0 aromatic rings. The highest BCUT2D eigenvalue weighted by Crippen LogP contribution is 2.17. The van der Waals surface area contributed by atoms with Crippen molar-refractivity contribution in [3.63, 3.8) is 0 Å². The molecule has 0 saturated carbocycles. The second-order valence-electron chi connectivity index (χ2n) is 3.05. The first-order valence-corrected chi connectivity index (χ1v) is 4.14. The van der Waals surface area contributed by atoms with Crippen molar-refractivity contribution in [2.45, 2.75) is 25.4 Å². The lowest BCUT2D eigenvalue weighted by Gasteiger charge is -2.13. The zero-order valence-electron chi connectivity index (χ0n) is 7.49. The second-order valence-corrected chi connectivity index (χ2v) is 3.05. The molecule has 1 atom stereocenters. The van der Waals surface area contributed by atoms with Crippen LogP contribution in [0.25, 0.3) is 0 Å². The van der Waals surface area contributed by atoms with Crippen LogP contribution in [-0.2, 0) is 19.1 Å². The van der Waals surface area contributed by atoms with E-state index in [2.05, 4.69) is 6.58 Å². The summed E-state index contributed by atoms with van der Waals surface area (Å²) >= 11 is 0. The molecule has 0 aliphatic carbocycles. The van der Waals surface area contributed by atoms with Crippen molar-refractivity contribution < 1.29 is 24.2 Å². The molecule has 1 saturated heterocycles. The van der Waals surface area contributed by atoms with Gasteiger partial charge < -0.3 is 9.84 Å². The smallest absolute Gasteiger partial charge is 0.334 e. The molecule has 14 heavy (non-hydrogen) atoms. The van der Waals surface area contributed by atoms with Gasteiger partial charge in [-0.2, -0.15) is 0 Å². The van der Waals surface area contributed by atoms with E-state index in [0.717, 1.165) is 0 Å². The van der Waals surface area contributed by atoms with Crippen LogP contribution in [-0.4, -0.2) is 28.9 Å². The van der Waals surface area contributed by atoms with E-state index in [1.807, 2.05) is 0 Å². The van der Waals surface area contributed by atoms with Crippen LogP contribution in [0.3, 0.4) is 0 Å². The summed E-state index contributed by atoms with van der Waals surface area (Å²) in [6.07, 6.45) is -0.962. The summed E-state index contributed by atoms with van der Waals surface area (Å²) in [5.74, 6) is -1.98. The Kier molecular flexibility index (Phi) is 3.01. The number of hydrogen-bond donors (Lipinski definition) is 1. The lowest BCUT2D eigenvalue weighted by Crippen LogP contribution is -2.23. The van der Waals surface area contributed by atoms with Gasteiger partial charge in [0.25, 0.3) is 0 Å². The number of carboxylic acids is 1. The Balaban J connectivity index is 2.76. The Hall–Kier alpha value is -1.65. The van der Waals surface area contributed by atoms with E-state index in [1.54, 1.807) is 0 Å². The van der Waals surface area contributed by atoms with Crippen LogP contribution in [0.2, 0.25) is 0 Å². The number of carbonyl (C=O) groups is 3. The minimum atomic E-state index is -1.25. The molecule has 5 heteroatoms. The largest absolute Gasteiger partial charge is 0.478 e. The predicted octanol–water partition coefficient (Wildman–Crippen LogP) is 0.292. The third-order valence-corrected chi connectivity index (χ3v) is 1.96. The second kappa shape index (κ2) is 4.04. The lowest BCUT2D eigenvalue weighted by atomic mass is 10.1. The molecule has 0 aromatic carbocycles. The number of rotatable bonds is 2. The van der Waals surface area contributed by atoms with E-state index in [9.17, 15) is 14.4 Å². The van der Waals surface area contributed by atoms with Crippen LogP contribution in [0.1, 0.15) is 19.3 Å². The molecule has 1 rings (SSSR count). The van der Waals surface area contributed by atoms with E-state index in [1.165, 1.54) is 0 Å². The summed E-state index contributed by atoms with van der Waals surface area (Å²) in [5.41, 5.74) is -0.256. The normalized spacial score (nSPS) is 22.4. The topological polar surface area (TPSA) is 80.7 Å². The van der Waals surface area contributed by atoms with E-state index in [0.29, 0.717) is 0 Å². The zero-order chi connectivity index (χ0) is 10.7. The summed E-state index contributed by atoms with van der Waals surface area (Å²) in [4.78, 5) is 32.6. The summed E-state index contributed by atoms with van der Waals surface area (Å²) in [7, 11) is 0. The molecule has 5 nitrogen and oxygen atoms in total. The maximum atomic E-state index is 11.1. The van der Waals surface area contributed by atoms with Crippen LogP contribution in [0.5, 0.6) is 0 Å². The molecule has 0 spiro atoms. The van der Waals surface area contributed by atoms with E-state index >= 15 is 0 Å². The maximum Gasteiger partial charge on any atom is 0.334 e. The fourth-order valence-electron chi connectivity index (χ4n) is 1.14. The molecule has 1 unspecified atom stereocenters. The summed E-state index contributed by atoms with van der Waals surface area (Å²) in [6.45, 7) is 3.26. The molecule has 1 aliphatic heterocycles. The van der Waals surface area contributed by atoms with Crippen molar-refractivity contribution in [3.8, 4) is 0 Å². The molecular weight excluding hydrogens is 188 g/mol. The minimum Gasteiger partial charge on any atom is -0.478 e. The van der Waals surface area contributed by atoms with Gasteiger partial charge >= 0.3 is 11.9 Å². The Bertz CT molecular complexity index is 286. The summed E-state index contributed by atoms with van der Waals surface area (Å²) in [6, 6.07) is 0. The quantitative estimate of drug-likeness (QED) is 0.509. The van der Waals surface area contributed by atoms with Gasteiger partial charge in [-0.25, -0.2) is 4.79 Å². The molecular formula is C9H10O5. The average molecular weight is 198 g/mol. The van der Waals surface area contributed by atoms with Gasteiger partial charge in [0.15, 0.2) is 0 Å². The molecule has 1 fully saturated rings. The molecule has 1 N–H and O–H groups in total. The van der Waals surface area contributed by atoms with Gasteiger partial charge in [0, 0.05) is 12.8 Å². The van der Waals surface area contributed by atoms with Crippen LogP contribution in [0, 0.1) is 0 Å². The van der Waals surface area contributed by atoms with Gasteiger partial charge in [-0.1, -0.05) is 6.58 Å². The predicted molar refractivity (Wildman–Crippen MR) is 45.5 cm³/mol. The highest BCUT2D eigenvalue weighted by Gasteiger charge is 2.28. The maximum absolute atomic E-state index is 11.1. The number of carboxylic acid groups (broad SMARTS) is 1. The fourth-order valence-corrected chi connectivity index (χ4v) is 1.14. The third-order valence-electron chi connectivity index (χ3n) is 1.96. The van der Waals surface area contributed by atoms with Gasteiger partial charge in [0.1, 0.15) is 11.9 Å². The number of ether oxygens (including phenoxy) is 1. The van der Waals surface area contributed by atoms with Crippen molar-refractivity contribution in [1.82, 2.24) is 0 Å². The van der Waals surface area contributed by atoms with E-state index in [-0.39, 0.29) is 30.6 Å². The van der Waals surface area contributed by atoms with Crippen molar-refractivity contribution in [3.05, 3.63) is 12.2 Å². The molecule has 1 heterocycles. The molecule has 0 bridgehead atoms. The van der Waals surface area contributed by atoms with Crippen LogP contribution < -0.4 is 0 Å². The molecule has 0 radical (unpaired) electrons. The first-order valence-electron chi connectivity index (χ1n) is 4.14. The summed E-state index contributed by atoms with van der Waals surface area (Å²) < 4.78 is 4.76. The minimum absolute atomic E-state index is 0.0161. The Morgan fingerprint density at radius 1 is 1.43 bits per heavy atom. The van der Waals surface area contributed by atoms with Gasteiger partial charge in [-0.05, 0) is 0 Å². The van der Waals surface area contributed by atoms with Gasteiger partial charge in [0.2, 0.25) is 0 Å². The molecule has 76 valence electrons. The van der Waals surface area contributed by atoms with E-state index < -0.39 is 18.0 Å². The zero-order valence-corrected chi connectivity index (χ0v) is 7.49. The van der Waals surface area contributed by atoms with Gasteiger partial charge in [-0.3, -0.25) is 9.59 Å². The summed E-state index contributed by atoms with van der Waals surface area (Å²) in [5, 5.41) is 8.60. The Morgan fingerprint density at radius 2 is 2.07 bits per heavy atom. The highest BCUT2D eigenvalue weighted by molar-refractivity contribution is 5.91. The number of carbonyl (C=O) groups excluding carboxylic acids is 2. The fraction of sp³-hybridized carbons (Fsp3) is 0.444. The van der Waals surface area contributed by atoms with Crippen molar-refractivity contribution in [2.75, 3.05) is 0 Å². The van der Waals surface area contributed by atoms with E-state index in [4.69, 9.17) is 9.84 Å². The number of esters is 1. The first-order chi connectivity index (χ1) is 6.50. The molecule has 1 aliphatic rings. The standard InChI is InChI=1S/C9H10O5/c1-5(9(12)13)7-4-6(10)2-3-8(11)14-7/h7H,1-4H2,(H,12,13). The molecule has 0 aromatic heterocycles. The lowest BCUT2D eigenvalue weighted by molar-refractivity contribution is -0.147. The Labute approximate surface area is 80.4 Å². The first kappa shape index (κ1) is 10.4. The number of Topliss-reactive ketones (excluding diaryl/α,β-unsaturated/α-hetero) is 1. The van der Waals surface area contributed by atoms with Crippen LogP contribution >= 0.6 is 0 Å². The highest BCUT2D eigenvalue weighted by atomic mass is 16.5. The molecule has 0 amide bonds. The third kappa shape index (κ3) is 2.42. The number of cyclic esters (lactones) is 1. The number of hydrogen-bond acceptors (Lipinski definition) is 4. The van der Waals surface area contributed by atoms with Crippen molar-refractivity contribution >= 4 is 17.7 Å². The Morgan fingerprint density at radius 3 is 2.64 bits per heavy atom. The number of ketones is 1. The monoisotopic (exact) mass is 198 g/mol. The van der Waals surface area contributed by atoms with Gasteiger partial charge in [-0.15, -0.1) is 0 Å². The van der Waals surface area contributed by atoms with Crippen molar-refractivity contribution in [2.24, 2.45) is 0 Å². The van der Waals surface area contributed by atoms with Crippen molar-refractivity contribution in [1.29, 1.82) is 0 Å². The number of aliphatic carboxylic acids is 1. The van der Waals surface area contributed by atoms with Crippen LogP contribution in [0.15, 0.2) is 12.2 Å². The average Bonchev–Trinajstić information content (AvgIpc) is 2.27. The van der Waals surface area contributed by atoms with Crippen LogP contribution in [0.4, 0.5) is 0 Å².